The summed E-state index contributed by atoms with van der Waals surface area (Å²) in [5.41, 5.74) is 5.72. The van der Waals surface area contributed by atoms with E-state index in [0.717, 1.165) is 29.8 Å². The molecule has 0 fully saturated rings. The fourth-order valence-corrected chi connectivity index (χ4v) is 3.11. The average Bonchev–Trinajstić information content (AvgIpc) is 2.58. The Bertz CT molecular complexity index is 726. The van der Waals surface area contributed by atoms with Crippen LogP contribution < -0.4 is 10.2 Å². The Morgan fingerprint density at radius 2 is 2.04 bits per heavy atom. The SMILES string of the molecule is CCNC(C)c1cncc(-c2ccc3c(c2)CCC(=O)N3C)c1. The third kappa shape index (κ3) is 3.13. The molecule has 2 heterocycles. The van der Waals surface area contributed by atoms with Crippen molar-refractivity contribution in [3.63, 3.8) is 0 Å². The summed E-state index contributed by atoms with van der Waals surface area (Å²) >= 11 is 0. The Hall–Kier alpha value is -2.20. The second-order valence-corrected chi connectivity index (χ2v) is 6.08. The van der Waals surface area contributed by atoms with Crippen LogP contribution in [-0.4, -0.2) is 24.5 Å². The molecule has 0 saturated heterocycles. The normalized spacial score (nSPS) is 15.4. The van der Waals surface area contributed by atoms with Crippen LogP contribution in [0.1, 0.15) is 37.4 Å². The molecular weight excluding hydrogens is 286 g/mol. The molecule has 1 N–H and O–H groups in total. The van der Waals surface area contributed by atoms with Gasteiger partial charge in [0.25, 0.3) is 0 Å². The zero-order valence-electron chi connectivity index (χ0n) is 14.0. The number of pyridine rings is 1. The van der Waals surface area contributed by atoms with Crippen molar-refractivity contribution < 1.29 is 4.79 Å². The Kier molecular flexibility index (Phi) is 4.44. The molecule has 1 aromatic carbocycles. The predicted octanol–water partition coefficient (Wildman–Crippen LogP) is 3.33. The molecule has 0 saturated carbocycles. The van der Waals surface area contributed by atoms with E-state index >= 15 is 0 Å². The molecule has 3 rings (SSSR count). The summed E-state index contributed by atoms with van der Waals surface area (Å²) in [6.07, 6.45) is 5.22. The quantitative estimate of drug-likeness (QED) is 0.942. The third-order valence-electron chi connectivity index (χ3n) is 4.53. The summed E-state index contributed by atoms with van der Waals surface area (Å²) in [6, 6.07) is 8.79. The molecule has 4 heteroatoms. The van der Waals surface area contributed by atoms with Crippen molar-refractivity contribution in [3.8, 4) is 11.1 Å². The van der Waals surface area contributed by atoms with E-state index in [1.807, 2.05) is 25.5 Å². The minimum Gasteiger partial charge on any atom is -0.315 e. The summed E-state index contributed by atoms with van der Waals surface area (Å²) < 4.78 is 0. The average molecular weight is 309 g/mol. The molecule has 0 aliphatic carbocycles. The first-order valence-electron chi connectivity index (χ1n) is 8.18. The number of nitrogens with one attached hydrogen (secondary N) is 1. The number of nitrogens with zero attached hydrogens (tertiary/aromatic N) is 2. The molecular formula is C19H23N3O. The van der Waals surface area contributed by atoms with E-state index in [0.29, 0.717) is 6.42 Å². The molecule has 1 aromatic heterocycles. The minimum absolute atomic E-state index is 0.188. The zero-order chi connectivity index (χ0) is 16.4. The topological polar surface area (TPSA) is 45.2 Å². The molecule has 0 spiro atoms. The maximum absolute atomic E-state index is 11.8. The number of rotatable bonds is 4. The van der Waals surface area contributed by atoms with Gasteiger partial charge in [-0.2, -0.15) is 0 Å². The van der Waals surface area contributed by atoms with E-state index < -0.39 is 0 Å². The van der Waals surface area contributed by atoms with Crippen LogP contribution in [0.4, 0.5) is 5.69 Å². The molecule has 2 aromatic rings. The Morgan fingerprint density at radius 3 is 2.83 bits per heavy atom. The van der Waals surface area contributed by atoms with Gasteiger partial charge in [0.05, 0.1) is 0 Å². The fraction of sp³-hybridized carbons (Fsp3) is 0.368. The first kappa shape index (κ1) is 15.7. The van der Waals surface area contributed by atoms with Crippen LogP contribution in [0.25, 0.3) is 11.1 Å². The van der Waals surface area contributed by atoms with Gasteiger partial charge >= 0.3 is 0 Å². The summed E-state index contributed by atoms with van der Waals surface area (Å²) in [5.74, 6) is 0.188. The monoisotopic (exact) mass is 309 g/mol. The number of aromatic nitrogens is 1. The van der Waals surface area contributed by atoms with E-state index in [1.54, 1.807) is 4.90 Å². The van der Waals surface area contributed by atoms with Gasteiger partial charge in [-0.25, -0.2) is 0 Å². The van der Waals surface area contributed by atoms with E-state index in [2.05, 4.69) is 42.3 Å². The van der Waals surface area contributed by atoms with Gasteiger partial charge in [-0.15, -0.1) is 0 Å². The largest absolute Gasteiger partial charge is 0.315 e. The summed E-state index contributed by atoms with van der Waals surface area (Å²) in [7, 11) is 1.85. The maximum Gasteiger partial charge on any atom is 0.227 e. The highest BCUT2D eigenvalue weighted by molar-refractivity contribution is 5.96. The lowest BCUT2D eigenvalue weighted by Gasteiger charge is -2.26. The van der Waals surface area contributed by atoms with Crippen molar-refractivity contribution >= 4 is 11.6 Å². The maximum atomic E-state index is 11.8. The van der Waals surface area contributed by atoms with Crippen LogP contribution in [0, 0.1) is 0 Å². The second kappa shape index (κ2) is 6.50. The summed E-state index contributed by atoms with van der Waals surface area (Å²) in [5, 5.41) is 3.42. The van der Waals surface area contributed by atoms with Crippen LogP contribution in [-0.2, 0) is 11.2 Å². The van der Waals surface area contributed by atoms with Gasteiger partial charge in [0.2, 0.25) is 5.91 Å². The molecule has 1 atom stereocenters. The summed E-state index contributed by atoms with van der Waals surface area (Å²) in [4.78, 5) is 18.0. The Balaban J connectivity index is 1.94. The molecule has 1 aliphatic rings. The molecule has 1 aliphatic heterocycles. The highest BCUT2D eigenvalue weighted by atomic mass is 16.2. The number of fused-ring (bicyclic) bond motifs is 1. The first-order valence-corrected chi connectivity index (χ1v) is 8.18. The van der Waals surface area contributed by atoms with E-state index in [-0.39, 0.29) is 11.9 Å². The van der Waals surface area contributed by atoms with Crippen molar-refractivity contribution in [3.05, 3.63) is 47.8 Å². The van der Waals surface area contributed by atoms with Crippen molar-refractivity contribution in [2.24, 2.45) is 0 Å². The number of carbonyl (C=O) groups excluding carboxylic acids is 1. The third-order valence-corrected chi connectivity index (χ3v) is 4.53. The number of hydrogen-bond acceptors (Lipinski definition) is 3. The number of anilines is 1. The zero-order valence-corrected chi connectivity index (χ0v) is 14.0. The lowest BCUT2D eigenvalue weighted by Crippen LogP contribution is -2.30. The van der Waals surface area contributed by atoms with Crippen LogP contribution >= 0.6 is 0 Å². The molecule has 0 radical (unpaired) electrons. The predicted molar refractivity (Wildman–Crippen MR) is 93.5 cm³/mol. The molecule has 120 valence electrons. The highest BCUT2D eigenvalue weighted by Gasteiger charge is 2.21. The Labute approximate surface area is 137 Å². The Morgan fingerprint density at radius 1 is 1.22 bits per heavy atom. The molecule has 4 nitrogen and oxygen atoms in total. The lowest BCUT2D eigenvalue weighted by atomic mass is 9.96. The lowest BCUT2D eigenvalue weighted by molar-refractivity contribution is -0.118. The molecule has 23 heavy (non-hydrogen) atoms. The van der Waals surface area contributed by atoms with Crippen molar-refractivity contribution in [1.29, 1.82) is 0 Å². The van der Waals surface area contributed by atoms with Crippen LogP contribution in [0.2, 0.25) is 0 Å². The van der Waals surface area contributed by atoms with Gasteiger partial charge in [-0.3, -0.25) is 9.78 Å². The molecule has 0 bridgehead atoms. The van der Waals surface area contributed by atoms with Gasteiger partial charge in [0.1, 0.15) is 0 Å². The van der Waals surface area contributed by atoms with E-state index in [1.165, 1.54) is 11.1 Å². The van der Waals surface area contributed by atoms with E-state index in [4.69, 9.17) is 0 Å². The second-order valence-electron chi connectivity index (χ2n) is 6.08. The fourth-order valence-electron chi connectivity index (χ4n) is 3.11. The first-order chi connectivity index (χ1) is 11.1. The molecule has 1 unspecified atom stereocenters. The standard InChI is InChI=1S/C19H23N3O/c1-4-21-13(2)16-10-17(12-20-11-16)14-5-7-18-15(9-14)6-8-19(23)22(18)3/h5,7,9-13,21H,4,6,8H2,1-3H3. The van der Waals surface area contributed by atoms with Crippen LogP contribution in [0.15, 0.2) is 36.7 Å². The van der Waals surface area contributed by atoms with Crippen molar-refractivity contribution in [1.82, 2.24) is 10.3 Å². The van der Waals surface area contributed by atoms with Gasteiger partial charge in [-0.05, 0) is 54.8 Å². The van der Waals surface area contributed by atoms with Crippen molar-refractivity contribution in [2.75, 3.05) is 18.5 Å². The smallest absolute Gasteiger partial charge is 0.227 e. The number of amides is 1. The van der Waals surface area contributed by atoms with Gasteiger partial charge < -0.3 is 10.2 Å². The van der Waals surface area contributed by atoms with Crippen LogP contribution in [0.3, 0.4) is 0 Å². The van der Waals surface area contributed by atoms with Crippen molar-refractivity contribution in [2.45, 2.75) is 32.7 Å². The van der Waals surface area contributed by atoms with Gasteiger partial charge in [0, 0.05) is 43.2 Å². The molecule has 1 amide bonds. The van der Waals surface area contributed by atoms with E-state index in [9.17, 15) is 4.79 Å². The van der Waals surface area contributed by atoms with Crippen LogP contribution in [0.5, 0.6) is 0 Å². The van der Waals surface area contributed by atoms with Gasteiger partial charge in [0.15, 0.2) is 0 Å². The number of hydrogen-bond donors (Lipinski definition) is 1. The number of carbonyl (C=O) groups is 1. The number of aryl methyl sites for hydroxylation is 1. The highest BCUT2D eigenvalue weighted by Crippen LogP contribution is 2.31. The summed E-state index contributed by atoms with van der Waals surface area (Å²) in [6.45, 7) is 5.19. The minimum atomic E-state index is 0.188. The van der Waals surface area contributed by atoms with Gasteiger partial charge in [-0.1, -0.05) is 13.0 Å². The number of benzene rings is 1.